The third-order valence-electron chi connectivity index (χ3n) is 4.34. The van der Waals surface area contributed by atoms with E-state index in [-0.39, 0.29) is 5.41 Å². The SMILES string of the molecule is CC.CCC.CCc1ccc(C)cc1C(=O)CC1(C)CCNCC1. The molecule has 0 atom stereocenters. The molecular formula is C22H39NO. The van der Waals surface area contributed by atoms with Gasteiger partial charge in [-0.1, -0.05) is 65.7 Å². The van der Waals surface area contributed by atoms with Crippen LogP contribution in [0.1, 0.15) is 88.7 Å². The maximum atomic E-state index is 12.6. The van der Waals surface area contributed by atoms with Gasteiger partial charge in [0.15, 0.2) is 5.78 Å². The number of carbonyl (C=O) groups is 1. The number of piperidine rings is 1. The molecule has 1 aliphatic heterocycles. The highest BCUT2D eigenvalue weighted by atomic mass is 16.1. The first kappa shape index (κ1) is 22.9. The highest BCUT2D eigenvalue weighted by Gasteiger charge is 2.30. The van der Waals surface area contributed by atoms with E-state index in [0.717, 1.165) is 37.9 Å². The van der Waals surface area contributed by atoms with Crippen molar-refractivity contribution in [3.8, 4) is 0 Å². The zero-order valence-electron chi connectivity index (χ0n) is 17.1. The van der Waals surface area contributed by atoms with Crippen molar-refractivity contribution < 1.29 is 4.79 Å². The molecule has 1 fully saturated rings. The van der Waals surface area contributed by atoms with E-state index in [1.807, 2.05) is 13.8 Å². The fourth-order valence-electron chi connectivity index (χ4n) is 2.95. The zero-order chi connectivity index (χ0) is 18.6. The fraction of sp³-hybridized carbons (Fsp3) is 0.682. The molecular weight excluding hydrogens is 294 g/mol. The Labute approximate surface area is 150 Å². The Morgan fingerprint density at radius 2 is 1.67 bits per heavy atom. The molecule has 24 heavy (non-hydrogen) atoms. The van der Waals surface area contributed by atoms with Crippen LogP contribution in [0.15, 0.2) is 18.2 Å². The first-order valence-electron chi connectivity index (χ1n) is 9.79. The van der Waals surface area contributed by atoms with Crippen molar-refractivity contribution in [2.45, 2.75) is 80.6 Å². The summed E-state index contributed by atoms with van der Waals surface area (Å²) in [7, 11) is 0. The van der Waals surface area contributed by atoms with Crippen molar-refractivity contribution >= 4 is 5.78 Å². The summed E-state index contributed by atoms with van der Waals surface area (Å²) in [6.07, 6.45) is 5.07. The number of aryl methyl sites for hydroxylation is 2. The van der Waals surface area contributed by atoms with Gasteiger partial charge in [-0.15, -0.1) is 0 Å². The minimum atomic E-state index is 0.178. The zero-order valence-corrected chi connectivity index (χ0v) is 17.1. The highest BCUT2D eigenvalue weighted by Crippen LogP contribution is 2.33. The van der Waals surface area contributed by atoms with E-state index in [4.69, 9.17) is 0 Å². The predicted octanol–water partition coefficient (Wildman–Crippen LogP) is 5.96. The van der Waals surface area contributed by atoms with Gasteiger partial charge in [0, 0.05) is 12.0 Å². The van der Waals surface area contributed by atoms with E-state index < -0.39 is 0 Å². The van der Waals surface area contributed by atoms with Crippen LogP contribution in [-0.2, 0) is 6.42 Å². The van der Waals surface area contributed by atoms with Gasteiger partial charge in [-0.3, -0.25) is 4.79 Å². The largest absolute Gasteiger partial charge is 0.317 e. The van der Waals surface area contributed by atoms with Crippen LogP contribution in [0.4, 0.5) is 0 Å². The summed E-state index contributed by atoms with van der Waals surface area (Å²) in [6.45, 7) is 16.8. The Morgan fingerprint density at radius 3 is 2.17 bits per heavy atom. The van der Waals surface area contributed by atoms with E-state index in [0.29, 0.717) is 12.2 Å². The number of nitrogens with one attached hydrogen (secondary N) is 1. The van der Waals surface area contributed by atoms with Crippen LogP contribution in [0.3, 0.4) is 0 Å². The minimum absolute atomic E-state index is 0.178. The molecule has 1 aromatic rings. The number of hydrogen-bond acceptors (Lipinski definition) is 2. The first-order chi connectivity index (χ1) is 11.5. The van der Waals surface area contributed by atoms with Gasteiger partial charge in [0.25, 0.3) is 0 Å². The van der Waals surface area contributed by atoms with Gasteiger partial charge in [-0.25, -0.2) is 0 Å². The number of benzene rings is 1. The Balaban J connectivity index is 0.000000952. The van der Waals surface area contributed by atoms with E-state index in [1.165, 1.54) is 17.5 Å². The number of ketones is 1. The Bertz CT molecular complexity index is 473. The second kappa shape index (κ2) is 12.2. The summed E-state index contributed by atoms with van der Waals surface area (Å²) in [5.74, 6) is 0.324. The molecule has 0 bridgehead atoms. The summed E-state index contributed by atoms with van der Waals surface area (Å²) in [6, 6.07) is 6.26. The summed E-state index contributed by atoms with van der Waals surface area (Å²) >= 11 is 0. The van der Waals surface area contributed by atoms with Crippen molar-refractivity contribution in [3.63, 3.8) is 0 Å². The van der Waals surface area contributed by atoms with Crippen LogP contribution in [0.5, 0.6) is 0 Å². The van der Waals surface area contributed by atoms with Gasteiger partial charge in [0.1, 0.15) is 0 Å². The average Bonchev–Trinajstić information content (AvgIpc) is 2.57. The summed E-state index contributed by atoms with van der Waals surface area (Å²) < 4.78 is 0. The molecule has 0 amide bonds. The number of rotatable bonds is 4. The molecule has 0 radical (unpaired) electrons. The lowest BCUT2D eigenvalue weighted by Crippen LogP contribution is -2.36. The molecule has 0 aliphatic carbocycles. The van der Waals surface area contributed by atoms with Gasteiger partial charge in [0.2, 0.25) is 0 Å². The molecule has 0 spiro atoms. The van der Waals surface area contributed by atoms with Crippen LogP contribution >= 0.6 is 0 Å². The standard InChI is InChI=1S/C17H25NO.C3H8.C2H6/c1-4-14-6-5-13(2)11-15(14)16(19)12-17(3)7-9-18-10-8-17;1-3-2;1-2/h5-6,11,18H,4,7-10,12H2,1-3H3;3H2,1-2H3;1-2H3. The van der Waals surface area contributed by atoms with Crippen LogP contribution in [0, 0.1) is 12.3 Å². The van der Waals surface area contributed by atoms with Gasteiger partial charge < -0.3 is 5.32 Å². The molecule has 2 nitrogen and oxygen atoms in total. The monoisotopic (exact) mass is 333 g/mol. The highest BCUT2D eigenvalue weighted by molar-refractivity contribution is 5.98. The van der Waals surface area contributed by atoms with E-state index >= 15 is 0 Å². The van der Waals surface area contributed by atoms with E-state index in [1.54, 1.807) is 0 Å². The summed E-state index contributed by atoms with van der Waals surface area (Å²) in [5.41, 5.74) is 3.49. The molecule has 1 aromatic carbocycles. The van der Waals surface area contributed by atoms with Crippen molar-refractivity contribution in [2.75, 3.05) is 13.1 Å². The van der Waals surface area contributed by atoms with Crippen molar-refractivity contribution in [1.82, 2.24) is 5.32 Å². The van der Waals surface area contributed by atoms with Crippen molar-refractivity contribution in [3.05, 3.63) is 34.9 Å². The Kier molecular flexibility index (Phi) is 11.7. The molecule has 138 valence electrons. The minimum Gasteiger partial charge on any atom is -0.317 e. The molecule has 2 heteroatoms. The first-order valence-corrected chi connectivity index (χ1v) is 9.79. The Morgan fingerprint density at radius 1 is 1.12 bits per heavy atom. The quantitative estimate of drug-likeness (QED) is 0.688. The molecule has 2 rings (SSSR count). The maximum Gasteiger partial charge on any atom is 0.163 e. The fourth-order valence-corrected chi connectivity index (χ4v) is 2.95. The lowest BCUT2D eigenvalue weighted by molar-refractivity contribution is 0.0890. The summed E-state index contributed by atoms with van der Waals surface area (Å²) in [4.78, 5) is 12.6. The van der Waals surface area contributed by atoms with Crippen molar-refractivity contribution in [2.24, 2.45) is 5.41 Å². The predicted molar refractivity (Wildman–Crippen MR) is 107 cm³/mol. The molecule has 0 saturated carbocycles. The van der Waals surface area contributed by atoms with Gasteiger partial charge >= 0.3 is 0 Å². The number of carbonyl (C=O) groups excluding carboxylic acids is 1. The lowest BCUT2D eigenvalue weighted by Gasteiger charge is -2.33. The second-order valence-corrected chi connectivity index (χ2v) is 6.88. The van der Waals surface area contributed by atoms with Crippen LogP contribution in [-0.4, -0.2) is 18.9 Å². The average molecular weight is 334 g/mol. The van der Waals surface area contributed by atoms with E-state index in [2.05, 4.69) is 58.1 Å². The molecule has 1 N–H and O–H groups in total. The second-order valence-electron chi connectivity index (χ2n) is 6.88. The maximum absolute atomic E-state index is 12.6. The third kappa shape index (κ3) is 7.61. The summed E-state index contributed by atoms with van der Waals surface area (Å²) in [5, 5.41) is 3.37. The van der Waals surface area contributed by atoms with Crippen LogP contribution < -0.4 is 5.32 Å². The normalized spacial score (nSPS) is 15.5. The molecule has 0 unspecified atom stereocenters. The van der Waals surface area contributed by atoms with Gasteiger partial charge in [-0.05, 0) is 56.3 Å². The van der Waals surface area contributed by atoms with E-state index in [9.17, 15) is 4.79 Å². The molecule has 0 aromatic heterocycles. The lowest BCUT2D eigenvalue weighted by atomic mass is 9.75. The van der Waals surface area contributed by atoms with Gasteiger partial charge in [-0.2, -0.15) is 0 Å². The number of hydrogen-bond donors (Lipinski definition) is 1. The van der Waals surface area contributed by atoms with Crippen LogP contribution in [0.2, 0.25) is 0 Å². The molecule has 1 aliphatic rings. The molecule has 1 saturated heterocycles. The van der Waals surface area contributed by atoms with Gasteiger partial charge in [0.05, 0.1) is 0 Å². The topological polar surface area (TPSA) is 29.1 Å². The number of Topliss-reactive ketones (excluding diaryl/α,β-unsaturated/α-hetero) is 1. The van der Waals surface area contributed by atoms with Crippen LogP contribution in [0.25, 0.3) is 0 Å². The third-order valence-corrected chi connectivity index (χ3v) is 4.34. The Hall–Kier alpha value is -1.15. The smallest absolute Gasteiger partial charge is 0.163 e. The van der Waals surface area contributed by atoms with Crippen molar-refractivity contribution in [1.29, 1.82) is 0 Å². The molecule has 1 heterocycles.